The minimum atomic E-state index is -0.420. The normalized spacial score (nSPS) is 15.1. The average molecular weight is 394 g/mol. The SMILES string of the molecule is O=C(Nc1ccc2c(c1F)CCNC2)c1nn(-c2ccc(F)cc2)c2c1CCC2. The summed E-state index contributed by atoms with van der Waals surface area (Å²) < 4.78 is 29.9. The molecule has 29 heavy (non-hydrogen) atoms. The summed E-state index contributed by atoms with van der Waals surface area (Å²) in [5, 5.41) is 10.4. The van der Waals surface area contributed by atoms with Crippen LogP contribution in [0.2, 0.25) is 0 Å². The third-order valence-corrected chi connectivity index (χ3v) is 5.67. The Morgan fingerprint density at radius 3 is 2.69 bits per heavy atom. The molecule has 2 N–H and O–H groups in total. The van der Waals surface area contributed by atoms with Gasteiger partial charge in [-0.2, -0.15) is 5.10 Å². The Labute approximate surface area is 166 Å². The van der Waals surface area contributed by atoms with Gasteiger partial charge in [-0.1, -0.05) is 6.07 Å². The van der Waals surface area contributed by atoms with E-state index in [4.69, 9.17) is 0 Å². The molecule has 1 amide bonds. The van der Waals surface area contributed by atoms with Crippen LogP contribution in [0.4, 0.5) is 14.5 Å². The lowest BCUT2D eigenvalue weighted by molar-refractivity contribution is 0.102. The van der Waals surface area contributed by atoms with E-state index in [-0.39, 0.29) is 17.3 Å². The van der Waals surface area contributed by atoms with Crippen molar-refractivity contribution >= 4 is 11.6 Å². The Balaban J connectivity index is 1.48. The van der Waals surface area contributed by atoms with Gasteiger partial charge in [-0.15, -0.1) is 0 Å². The largest absolute Gasteiger partial charge is 0.318 e. The average Bonchev–Trinajstić information content (AvgIpc) is 3.34. The van der Waals surface area contributed by atoms with E-state index >= 15 is 0 Å². The summed E-state index contributed by atoms with van der Waals surface area (Å²) in [7, 11) is 0. The van der Waals surface area contributed by atoms with E-state index in [0.717, 1.165) is 42.6 Å². The van der Waals surface area contributed by atoms with Crippen LogP contribution >= 0.6 is 0 Å². The molecule has 0 unspecified atom stereocenters. The number of aromatic nitrogens is 2. The minimum Gasteiger partial charge on any atom is -0.318 e. The number of nitrogens with one attached hydrogen (secondary N) is 2. The molecule has 0 saturated heterocycles. The molecule has 5 nitrogen and oxygen atoms in total. The number of amides is 1. The van der Waals surface area contributed by atoms with Crippen LogP contribution in [0.5, 0.6) is 0 Å². The fourth-order valence-corrected chi connectivity index (χ4v) is 4.23. The van der Waals surface area contributed by atoms with Crippen molar-refractivity contribution in [3.05, 3.63) is 76.1 Å². The Hall–Kier alpha value is -3.06. The Bertz CT molecular complexity index is 1100. The van der Waals surface area contributed by atoms with Crippen LogP contribution < -0.4 is 10.6 Å². The molecule has 5 rings (SSSR count). The van der Waals surface area contributed by atoms with Crippen LogP contribution in [0, 0.1) is 11.6 Å². The van der Waals surface area contributed by atoms with Crippen molar-refractivity contribution in [1.82, 2.24) is 15.1 Å². The number of fused-ring (bicyclic) bond motifs is 2. The van der Waals surface area contributed by atoms with Gasteiger partial charge in [0.1, 0.15) is 11.6 Å². The predicted molar refractivity (Wildman–Crippen MR) is 105 cm³/mol. The van der Waals surface area contributed by atoms with Crippen LogP contribution in [0.3, 0.4) is 0 Å². The molecule has 1 aliphatic carbocycles. The second kappa shape index (κ2) is 7.08. The van der Waals surface area contributed by atoms with Gasteiger partial charge in [0.15, 0.2) is 5.69 Å². The third kappa shape index (κ3) is 3.11. The Kier molecular flexibility index (Phi) is 4.39. The summed E-state index contributed by atoms with van der Waals surface area (Å²) in [6, 6.07) is 9.47. The number of carbonyl (C=O) groups excluding carboxylic acids is 1. The molecule has 0 fully saturated rings. The van der Waals surface area contributed by atoms with Crippen molar-refractivity contribution in [3.8, 4) is 5.69 Å². The lowest BCUT2D eigenvalue weighted by Crippen LogP contribution is -2.25. The van der Waals surface area contributed by atoms with Crippen LogP contribution in [0.25, 0.3) is 5.69 Å². The highest BCUT2D eigenvalue weighted by Crippen LogP contribution is 2.29. The van der Waals surface area contributed by atoms with E-state index in [1.54, 1.807) is 22.9 Å². The first-order valence-corrected chi connectivity index (χ1v) is 9.81. The predicted octanol–water partition coefficient (Wildman–Crippen LogP) is 3.54. The summed E-state index contributed by atoms with van der Waals surface area (Å²) >= 11 is 0. The van der Waals surface area contributed by atoms with E-state index in [2.05, 4.69) is 15.7 Å². The van der Waals surface area contributed by atoms with E-state index in [9.17, 15) is 13.6 Å². The summed E-state index contributed by atoms with van der Waals surface area (Å²) in [5.41, 5.74) is 4.61. The van der Waals surface area contributed by atoms with Crippen LogP contribution in [-0.4, -0.2) is 22.2 Å². The van der Waals surface area contributed by atoms with Gasteiger partial charge in [0, 0.05) is 17.8 Å². The monoisotopic (exact) mass is 394 g/mol. The summed E-state index contributed by atoms with van der Waals surface area (Å²) in [4.78, 5) is 13.0. The molecule has 0 atom stereocenters. The molecule has 148 valence electrons. The Morgan fingerprint density at radius 2 is 1.86 bits per heavy atom. The zero-order valence-corrected chi connectivity index (χ0v) is 15.8. The Morgan fingerprint density at radius 1 is 1.03 bits per heavy atom. The van der Waals surface area contributed by atoms with Crippen molar-refractivity contribution in [1.29, 1.82) is 0 Å². The number of benzene rings is 2. The van der Waals surface area contributed by atoms with Gasteiger partial charge in [0.05, 0.1) is 11.4 Å². The topological polar surface area (TPSA) is 59.0 Å². The quantitative estimate of drug-likeness (QED) is 0.715. The molecule has 3 aromatic rings. The number of anilines is 1. The van der Waals surface area contributed by atoms with Crippen LogP contribution in [0.1, 0.15) is 39.3 Å². The van der Waals surface area contributed by atoms with Gasteiger partial charge in [-0.3, -0.25) is 4.79 Å². The first-order valence-electron chi connectivity index (χ1n) is 9.81. The molecular weight excluding hydrogens is 374 g/mol. The highest BCUT2D eigenvalue weighted by molar-refractivity contribution is 6.04. The van der Waals surface area contributed by atoms with Gasteiger partial charge in [-0.25, -0.2) is 13.5 Å². The molecule has 0 spiro atoms. The fraction of sp³-hybridized carbons (Fsp3) is 0.273. The van der Waals surface area contributed by atoms with Gasteiger partial charge in [-0.05, 0) is 73.7 Å². The van der Waals surface area contributed by atoms with Crippen molar-refractivity contribution in [2.45, 2.75) is 32.2 Å². The van der Waals surface area contributed by atoms with Gasteiger partial charge >= 0.3 is 0 Å². The maximum absolute atomic E-state index is 14.9. The highest BCUT2D eigenvalue weighted by Gasteiger charge is 2.28. The molecule has 7 heteroatoms. The van der Waals surface area contributed by atoms with Crippen LogP contribution in [0.15, 0.2) is 36.4 Å². The second-order valence-corrected chi connectivity index (χ2v) is 7.46. The molecule has 1 aliphatic heterocycles. The number of rotatable bonds is 3. The lowest BCUT2D eigenvalue weighted by atomic mass is 9.99. The number of halogens is 2. The first kappa shape index (κ1) is 18.0. The van der Waals surface area contributed by atoms with Crippen molar-refractivity contribution < 1.29 is 13.6 Å². The zero-order valence-electron chi connectivity index (χ0n) is 15.8. The molecule has 2 heterocycles. The summed E-state index contributed by atoms with van der Waals surface area (Å²) in [5.74, 6) is -1.11. The molecule has 1 aromatic heterocycles. The molecule has 2 aliphatic rings. The maximum atomic E-state index is 14.9. The van der Waals surface area contributed by atoms with Crippen molar-refractivity contribution in [3.63, 3.8) is 0 Å². The fourth-order valence-electron chi connectivity index (χ4n) is 4.23. The lowest BCUT2D eigenvalue weighted by Gasteiger charge is -2.19. The van der Waals surface area contributed by atoms with Gasteiger partial charge in [0.2, 0.25) is 0 Å². The van der Waals surface area contributed by atoms with E-state index in [1.807, 2.05) is 6.07 Å². The van der Waals surface area contributed by atoms with Crippen LogP contribution in [-0.2, 0) is 25.8 Å². The minimum absolute atomic E-state index is 0.179. The standard InChI is InChI=1S/C22H20F2N4O/c23-14-5-7-15(8-6-14)28-19-3-1-2-17(19)21(27-28)22(29)26-18-9-4-13-12-25-11-10-16(13)20(18)24/h4-9,25H,1-3,10-12H2,(H,26,29). The molecule has 2 aromatic carbocycles. The third-order valence-electron chi connectivity index (χ3n) is 5.67. The zero-order chi connectivity index (χ0) is 20.0. The second-order valence-electron chi connectivity index (χ2n) is 7.46. The number of carbonyl (C=O) groups is 1. The molecular formula is C22H20F2N4O. The molecule has 0 bridgehead atoms. The number of hydrogen-bond donors (Lipinski definition) is 2. The van der Waals surface area contributed by atoms with Crippen molar-refractivity contribution in [2.24, 2.45) is 0 Å². The smallest absolute Gasteiger partial charge is 0.276 e. The van der Waals surface area contributed by atoms with E-state index in [1.165, 1.54) is 12.1 Å². The molecule has 0 radical (unpaired) electrons. The summed E-state index contributed by atoms with van der Waals surface area (Å²) in [6.45, 7) is 1.35. The number of hydrogen-bond acceptors (Lipinski definition) is 3. The number of nitrogens with zero attached hydrogens (tertiary/aromatic N) is 2. The molecule has 0 saturated carbocycles. The maximum Gasteiger partial charge on any atom is 0.276 e. The van der Waals surface area contributed by atoms with Crippen molar-refractivity contribution in [2.75, 3.05) is 11.9 Å². The summed E-state index contributed by atoms with van der Waals surface area (Å²) in [6.07, 6.45) is 3.07. The van der Waals surface area contributed by atoms with E-state index in [0.29, 0.717) is 29.9 Å². The van der Waals surface area contributed by atoms with E-state index < -0.39 is 5.91 Å². The highest BCUT2D eigenvalue weighted by atomic mass is 19.1. The first-order chi connectivity index (χ1) is 14.1. The van der Waals surface area contributed by atoms with Gasteiger partial charge < -0.3 is 10.6 Å². The van der Waals surface area contributed by atoms with Gasteiger partial charge in [0.25, 0.3) is 5.91 Å².